The lowest BCUT2D eigenvalue weighted by atomic mass is 10.1. The molecule has 1 atom stereocenters. The molecule has 2 aromatic carbocycles. The third kappa shape index (κ3) is 6.73. The Balaban J connectivity index is 0.00000132. The molecular weight excluding hydrogens is 424 g/mol. The maximum Gasteiger partial charge on any atom is 0.150 e. The minimum atomic E-state index is -1.34. The fourth-order valence-electron chi connectivity index (χ4n) is 3.43. The van der Waals surface area contributed by atoms with Crippen LogP contribution in [0.1, 0.15) is 45.3 Å². The molecule has 0 saturated carbocycles. The SMILES string of the molecule is CC.Cc1ccc(-c2ccccc2NS(=O)c2ccc(SN3CCCCCC3)cc2)o1. The smallest absolute Gasteiger partial charge is 0.150 e. The van der Waals surface area contributed by atoms with E-state index in [0.717, 1.165) is 40.8 Å². The number of hydrogen-bond donors (Lipinski definition) is 1. The Morgan fingerprint density at radius 1 is 0.903 bits per heavy atom. The van der Waals surface area contributed by atoms with Gasteiger partial charge in [0, 0.05) is 23.5 Å². The third-order valence-electron chi connectivity index (χ3n) is 4.97. The second-order valence-corrected chi connectivity index (χ2v) is 9.62. The Kier molecular flexibility index (Phi) is 9.25. The van der Waals surface area contributed by atoms with Crippen LogP contribution in [0.25, 0.3) is 11.3 Å². The van der Waals surface area contributed by atoms with Crippen molar-refractivity contribution in [3.05, 3.63) is 66.4 Å². The average molecular weight is 457 g/mol. The summed E-state index contributed by atoms with van der Waals surface area (Å²) in [6.07, 6.45) is 5.21. The summed E-state index contributed by atoms with van der Waals surface area (Å²) in [5.74, 6) is 1.63. The fraction of sp³-hybridized carbons (Fsp3) is 0.360. The molecule has 4 nitrogen and oxygen atoms in total. The first-order valence-corrected chi connectivity index (χ1v) is 13.0. The summed E-state index contributed by atoms with van der Waals surface area (Å²) in [6.45, 7) is 8.20. The van der Waals surface area contributed by atoms with Gasteiger partial charge in [-0.25, -0.2) is 8.51 Å². The summed E-state index contributed by atoms with van der Waals surface area (Å²) in [4.78, 5) is 1.95. The zero-order valence-corrected chi connectivity index (χ0v) is 20.2. The molecule has 1 aliphatic heterocycles. The van der Waals surface area contributed by atoms with Crippen LogP contribution in [-0.2, 0) is 11.0 Å². The molecule has 3 aromatic rings. The topological polar surface area (TPSA) is 45.5 Å². The Bertz CT molecular complexity index is 962. The maximum atomic E-state index is 12.9. The molecule has 1 fully saturated rings. The van der Waals surface area contributed by atoms with Gasteiger partial charge in [-0.15, -0.1) is 0 Å². The van der Waals surface area contributed by atoms with E-state index in [1.165, 1.54) is 30.6 Å². The largest absolute Gasteiger partial charge is 0.461 e. The summed E-state index contributed by atoms with van der Waals surface area (Å²) in [5, 5.41) is 0. The Hall–Kier alpha value is -2.02. The zero-order chi connectivity index (χ0) is 22.1. The molecule has 31 heavy (non-hydrogen) atoms. The molecule has 4 rings (SSSR count). The van der Waals surface area contributed by atoms with Crippen LogP contribution in [0.2, 0.25) is 0 Å². The predicted octanol–water partition coefficient (Wildman–Crippen LogP) is 7.30. The minimum Gasteiger partial charge on any atom is -0.461 e. The van der Waals surface area contributed by atoms with Gasteiger partial charge in [-0.05, 0) is 80.2 Å². The normalized spacial score (nSPS) is 15.5. The maximum absolute atomic E-state index is 12.9. The van der Waals surface area contributed by atoms with Gasteiger partial charge >= 0.3 is 0 Å². The number of aryl methyl sites for hydroxylation is 1. The number of hydrogen-bond acceptors (Lipinski definition) is 4. The van der Waals surface area contributed by atoms with Crippen LogP contribution >= 0.6 is 11.9 Å². The summed E-state index contributed by atoms with van der Waals surface area (Å²) in [6, 6.07) is 19.7. The summed E-state index contributed by atoms with van der Waals surface area (Å²) < 4.78 is 24.2. The average Bonchev–Trinajstić information content (AvgIpc) is 3.07. The van der Waals surface area contributed by atoms with Crippen molar-refractivity contribution < 1.29 is 8.63 Å². The van der Waals surface area contributed by atoms with Crippen molar-refractivity contribution in [3.63, 3.8) is 0 Å². The molecule has 0 spiro atoms. The lowest BCUT2D eigenvalue weighted by molar-refractivity contribution is 0.489. The first kappa shape index (κ1) is 23.6. The molecule has 166 valence electrons. The molecule has 1 N–H and O–H groups in total. The van der Waals surface area contributed by atoms with E-state index in [0.29, 0.717) is 0 Å². The molecule has 0 aliphatic carbocycles. The second kappa shape index (κ2) is 12.1. The van der Waals surface area contributed by atoms with Gasteiger partial charge in [0.05, 0.1) is 10.6 Å². The quantitative estimate of drug-likeness (QED) is 0.395. The molecule has 1 saturated heterocycles. The van der Waals surface area contributed by atoms with Gasteiger partial charge in [-0.2, -0.15) is 0 Å². The van der Waals surface area contributed by atoms with Gasteiger partial charge < -0.3 is 9.14 Å². The lowest BCUT2D eigenvalue weighted by Gasteiger charge is -2.18. The molecule has 0 amide bonds. The number of nitrogens with zero attached hydrogens (tertiary/aromatic N) is 1. The summed E-state index contributed by atoms with van der Waals surface area (Å²) in [7, 11) is -1.34. The van der Waals surface area contributed by atoms with E-state index in [1.54, 1.807) is 11.9 Å². The number of benzene rings is 2. The lowest BCUT2D eigenvalue weighted by Crippen LogP contribution is -2.15. The highest BCUT2D eigenvalue weighted by Gasteiger charge is 2.13. The van der Waals surface area contributed by atoms with Gasteiger partial charge in [-0.1, -0.05) is 38.8 Å². The van der Waals surface area contributed by atoms with Crippen molar-refractivity contribution >= 4 is 28.6 Å². The van der Waals surface area contributed by atoms with Gasteiger partial charge in [0.1, 0.15) is 22.5 Å². The molecule has 1 aliphatic rings. The Morgan fingerprint density at radius 2 is 1.58 bits per heavy atom. The van der Waals surface area contributed by atoms with E-state index >= 15 is 0 Å². The van der Waals surface area contributed by atoms with E-state index in [9.17, 15) is 4.21 Å². The van der Waals surface area contributed by atoms with E-state index in [2.05, 4.69) is 21.2 Å². The first-order valence-electron chi connectivity index (χ1n) is 11.1. The third-order valence-corrected chi connectivity index (χ3v) is 7.18. The van der Waals surface area contributed by atoms with Gasteiger partial charge in [0.25, 0.3) is 0 Å². The van der Waals surface area contributed by atoms with Crippen LogP contribution < -0.4 is 4.72 Å². The summed E-state index contributed by atoms with van der Waals surface area (Å²) in [5.41, 5.74) is 1.70. The molecule has 0 radical (unpaired) electrons. The zero-order valence-electron chi connectivity index (χ0n) is 18.6. The van der Waals surface area contributed by atoms with Crippen LogP contribution in [0.4, 0.5) is 5.69 Å². The highest BCUT2D eigenvalue weighted by molar-refractivity contribution is 7.97. The van der Waals surface area contributed by atoms with Gasteiger partial charge in [-0.3, -0.25) is 0 Å². The van der Waals surface area contributed by atoms with Gasteiger partial charge in [0.15, 0.2) is 0 Å². The van der Waals surface area contributed by atoms with E-state index in [1.807, 2.05) is 69.3 Å². The van der Waals surface area contributed by atoms with E-state index in [-0.39, 0.29) is 0 Å². The number of anilines is 1. The van der Waals surface area contributed by atoms with Crippen molar-refractivity contribution in [2.75, 3.05) is 17.8 Å². The second-order valence-electron chi connectivity index (χ2n) is 7.23. The van der Waals surface area contributed by atoms with Crippen molar-refractivity contribution in [3.8, 4) is 11.3 Å². The molecule has 1 unspecified atom stereocenters. The van der Waals surface area contributed by atoms with Crippen LogP contribution in [0.15, 0.2) is 74.9 Å². The Labute approximate surface area is 193 Å². The number of para-hydroxylation sites is 1. The Morgan fingerprint density at radius 3 is 2.23 bits per heavy atom. The van der Waals surface area contributed by atoms with Crippen molar-refractivity contribution in [1.82, 2.24) is 4.31 Å². The fourth-order valence-corrected chi connectivity index (χ4v) is 5.31. The van der Waals surface area contributed by atoms with Crippen molar-refractivity contribution in [1.29, 1.82) is 0 Å². The molecule has 1 aromatic heterocycles. The molecule has 6 heteroatoms. The van der Waals surface area contributed by atoms with Crippen LogP contribution in [-0.4, -0.2) is 21.6 Å². The van der Waals surface area contributed by atoms with Crippen LogP contribution in [0.5, 0.6) is 0 Å². The molecular formula is C25H32N2O2S2. The highest BCUT2D eigenvalue weighted by Crippen LogP contribution is 2.31. The standard InChI is InChI=1S/C23H26N2O2S2.C2H6/c1-18-10-15-23(27-18)21-8-4-5-9-22(21)24-29(26)20-13-11-19(12-14-20)28-25-16-6-2-3-7-17-25;1-2/h4-5,8-15,24H,2-3,6-7,16-17H2,1H3;1-2H3. The molecule has 0 bridgehead atoms. The van der Waals surface area contributed by atoms with Gasteiger partial charge in [0.2, 0.25) is 0 Å². The number of nitrogens with one attached hydrogen (secondary N) is 1. The first-order chi connectivity index (χ1) is 15.2. The number of rotatable bonds is 6. The summed E-state index contributed by atoms with van der Waals surface area (Å²) >= 11 is 1.81. The number of furan rings is 1. The van der Waals surface area contributed by atoms with Crippen molar-refractivity contribution in [2.24, 2.45) is 0 Å². The minimum absolute atomic E-state index is 0.760. The molecule has 2 heterocycles. The van der Waals surface area contributed by atoms with Crippen LogP contribution in [0.3, 0.4) is 0 Å². The highest BCUT2D eigenvalue weighted by atomic mass is 32.2. The monoisotopic (exact) mass is 456 g/mol. The van der Waals surface area contributed by atoms with Crippen LogP contribution in [0, 0.1) is 6.92 Å². The van der Waals surface area contributed by atoms with E-state index in [4.69, 9.17) is 4.42 Å². The van der Waals surface area contributed by atoms with Crippen molar-refractivity contribution in [2.45, 2.75) is 56.2 Å². The predicted molar refractivity (Wildman–Crippen MR) is 133 cm³/mol. The van der Waals surface area contributed by atoms with E-state index < -0.39 is 11.0 Å².